The predicted molar refractivity (Wildman–Crippen MR) is 110 cm³/mol. The lowest BCUT2D eigenvalue weighted by molar-refractivity contribution is -0.115. The van der Waals surface area contributed by atoms with Crippen molar-refractivity contribution in [3.63, 3.8) is 0 Å². The summed E-state index contributed by atoms with van der Waals surface area (Å²) in [4.78, 5) is 15.9. The van der Waals surface area contributed by atoms with Gasteiger partial charge in [0, 0.05) is 20.2 Å². The summed E-state index contributed by atoms with van der Waals surface area (Å²) in [5.74, 6) is -4.68. The maximum absolute atomic E-state index is 13.6. The molecule has 0 aliphatic rings. The number of amides is 1. The normalized spacial score (nSPS) is 12.4. The van der Waals surface area contributed by atoms with Crippen molar-refractivity contribution in [3.05, 3.63) is 65.5 Å². The highest BCUT2D eigenvalue weighted by atomic mass is 19.2. The third kappa shape index (κ3) is 7.07. The van der Waals surface area contributed by atoms with E-state index in [0.717, 1.165) is 17.7 Å². The van der Waals surface area contributed by atoms with E-state index in [1.807, 2.05) is 37.3 Å². The second kappa shape index (κ2) is 11.8. The van der Waals surface area contributed by atoms with Gasteiger partial charge in [0.1, 0.15) is 0 Å². The van der Waals surface area contributed by atoms with E-state index in [4.69, 9.17) is 4.74 Å². The number of anilines is 1. The van der Waals surface area contributed by atoms with Gasteiger partial charge in [-0.05, 0) is 31.0 Å². The molecule has 2 rings (SSSR count). The van der Waals surface area contributed by atoms with Crippen molar-refractivity contribution in [2.24, 2.45) is 4.99 Å². The summed E-state index contributed by atoms with van der Waals surface area (Å²) in [6.07, 6.45) is 0.702. The summed E-state index contributed by atoms with van der Waals surface area (Å²) in [5, 5.41) is 7.96. The zero-order chi connectivity index (χ0) is 21.9. The first-order valence-electron chi connectivity index (χ1n) is 9.46. The van der Waals surface area contributed by atoms with E-state index < -0.39 is 29.0 Å². The average molecular weight is 422 g/mol. The zero-order valence-electron chi connectivity index (χ0n) is 16.8. The molecular weight excluding hydrogens is 397 g/mol. The molecule has 0 fully saturated rings. The smallest absolute Gasteiger partial charge is 0.243 e. The van der Waals surface area contributed by atoms with E-state index in [-0.39, 0.29) is 12.6 Å². The van der Waals surface area contributed by atoms with Crippen molar-refractivity contribution >= 4 is 17.6 Å². The minimum atomic E-state index is -1.64. The lowest BCUT2D eigenvalue weighted by Gasteiger charge is -2.15. The monoisotopic (exact) mass is 422 g/mol. The van der Waals surface area contributed by atoms with Crippen molar-refractivity contribution in [3.8, 4) is 0 Å². The highest BCUT2D eigenvalue weighted by Gasteiger charge is 2.15. The lowest BCUT2D eigenvalue weighted by atomic mass is 10.1. The highest BCUT2D eigenvalue weighted by molar-refractivity contribution is 5.95. The Bertz CT molecular complexity index is 863. The van der Waals surface area contributed by atoms with Gasteiger partial charge in [0.05, 0.1) is 18.3 Å². The number of nitrogens with one attached hydrogen (secondary N) is 3. The third-order valence-corrected chi connectivity index (χ3v) is 4.20. The van der Waals surface area contributed by atoms with Gasteiger partial charge in [0.15, 0.2) is 23.4 Å². The molecule has 0 bridgehead atoms. The van der Waals surface area contributed by atoms with Gasteiger partial charge < -0.3 is 20.7 Å². The fraction of sp³-hybridized carbons (Fsp3) is 0.333. The molecule has 1 amide bonds. The van der Waals surface area contributed by atoms with Gasteiger partial charge in [-0.1, -0.05) is 30.3 Å². The minimum Gasteiger partial charge on any atom is -0.374 e. The van der Waals surface area contributed by atoms with Gasteiger partial charge in [0.2, 0.25) is 5.91 Å². The second-order valence-electron chi connectivity index (χ2n) is 6.40. The molecule has 6 nitrogen and oxygen atoms in total. The van der Waals surface area contributed by atoms with Crippen LogP contribution in [-0.2, 0) is 9.53 Å². The zero-order valence-corrected chi connectivity index (χ0v) is 16.8. The molecular formula is C21H25F3N4O2. The Kier molecular flexibility index (Phi) is 9.14. The molecule has 3 N–H and O–H groups in total. The van der Waals surface area contributed by atoms with Gasteiger partial charge in [-0.15, -0.1) is 0 Å². The molecule has 1 atom stereocenters. The van der Waals surface area contributed by atoms with Crippen LogP contribution in [0.5, 0.6) is 0 Å². The van der Waals surface area contributed by atoms with Crippen molar-refractivity contribution in [1.29, 1.82) is 0 Å². The summed E-state index contributed by atoms with van der Waals surface area (Å²) in [6.45, 7) is 2.84. The maximum atomic E-state index is 13.6. The Morgan fingerprint density at radius 2 is 1.80 bits per heavy atom. The highest BCUT2D eigenvalue weighted by Crippen LogP contribution is 2.19. The Hall–Kier alpha value is -3.07. The number of carbonyl (C=O) groups excluding carboxylic acids is 1. The fourth-order valence-electron chi connectivity index (χ4n) is 2.56. The molecule has 2 aromatic carbocycles. The fourth-order valence-corrected chi connectivity index (χ4v) is 2.56. The van der Waals surface area contributed by atoms with E-state index in [1.165, 1.54) is 7.05 Å². The molecule has 0 aromatic heterocycles. The number of aliphatic imine (C=N–C) groups is 1. The number of carbonyl (C=O) groups is 1. The summed E-state index contributed by atoms with van der Waals surface area (Å²) in [7, 11) is 1.54. The van der Waals surface area contributed by atoms with Crippen LogP contribution in [0.15, 0.2) is 47.5 Å². The molecule has 1 unspecified atom stereocenters. The van der Waals surface area contributed by atoms with Crippen molar-refractivity contribution < 1.29 is 22.7 Å². The number of hydrogen-bond acceptors (Lipinski definition) is 3. The first-order chi connectivity index (χ1) is 14.4. The van der Waals surface area contributed by atoms with Crippen LogP contribution in [-0.4, -0.2) is 38.6 Å². The van der Waals surface area contributed by atoms with Gasteiger partial charge in [-0.3, -0.25) is 9.79 Å². The third-order valence-electron chi connectivity index (χ3n) is 4.20. The number of halogens is 3. The van der Waals surface area contributed by atoms with Crippen LogP contribution in [0.1, 0.15) is 25.0 Å². The number of rotatable bonds is 9. The molecule has 0 aliphatic carbocycles. The second-order valence-corrected chi connectivity index (χ2v) is 6.40. The summed E-state index contributed by atoms with van der Waals surface area (Å²) in [5.41, 5.74) is 0.666. The average Bonchev–Trinajstić information content (AvgIpc) is 2.76. The molecule has 0 aliphatic heterocycles. The number of nitrogens with zero attached hydrogens (tertiary/aromatic N) is 1. The summed E-state index contributed by atoms with van der Waals surface area (Å²) < 4.78 is 45.5. The van der Waals surface area contributed by atoms with Crippen LogP contribution < -0.4 is 16.0 Å². The minimum absolute atomic E-state index is 0.0102. The molecule has 0 spiro atoms. The molecule has 2 aromatic rings. The van der Waals surface area contributed by atoms with Crippen LogP contribution in [0.3, 0.4) is 0 Å². The standard InChI is InChI=1S/C21H25F3N4O2/c1-14(15-7-4-3-5-8-15)30-12-6-11-26-21(25-2)27-13-18(29)28-17-10-9-16(22)19(23)20(17)24/h3-5,7-10,14H,6,11-13H2,1-2H3,(H,28,29)(H2,25,26,27). The largest absolute Gasteiger partial charge is 0.374 e. The van der Waals surface area contributed by atoms with Gasteiger partial charge in [-0.2, -0.15) is 0 Å². The first kappa shape index (κ1) is 23.2. The van der Waals surface area contributed by atoms with E-state index in [2.05, 4.69) is 20.9 Å². The van der Waals surface area contributed by atoms with Crippen LogP contribution in [0.25, 0.3) is 0 Å². The van der Waals surface area contributed by atoms with E-state index in [9.17, 15) is 18.0 Å². The Balaban J connectivity index is 1.67. The number of guanidine groups is 1. The van der Waals surface area contributed by atoms with Crippen LogP contribution in [0, 0.1) is 17.5 Å². The quantitative estimate of drug-likeness (QED) is 0.251. The van der Waals surface area contributed by atoms with E-state index in [0.29, 0.717) is 25.5 Å². The topological polar surface area (TPSA) is 74.8 Å². The van der Waals surface area contributed by atoms with E-state index in [1.54, 1.807) is 0 Å². The predicted octanol–water partition coefficient (Wildman–Crippen LogP) is 3.38. The molecule has 0 heterocycles. The van der Waals surface area contributed by atoms with Gasteiger partial charge in [0.25, 0.3) is 0 Å². The maximum Gasteiger partial charge on any atom is 0.243 e. The van der Waals surface area contributed by atoms with Gasteiger partial charge >= 0.3 is 0 Å². The first-order valence-corrected chi connectivity index (χ1v) is 9.46. The Morgan fingerprint density at radius 3 is 2.50 bits per heavy atom. The van der Waals surface area contributed by atoms with Crippen molar-refractivity contribution in [2.45, 2.75) is 19.4 Å². The van der Waals surface area contributed by atoms with Crippen molar-refractivity contribution in [1.82, 2.24) is 10.6 Å². The number of benzene rings is 2. The van der Waals surface area contributed by atoms with Crippen molar-refractivity contribution in [2.75, 3.05) is 32.1 Å². The summed E-state index contributed by atoms with van der Waals surface area (Å²) >= 11 is 0. The number of ether oxygens (including phenoxy) is 1. The molecule has 162 valence electrons. The molecule has 9 heteroatoms. The molecule has 30 heavy (non-hydrogen) atoms. The number of hydrogen-bond donors (Lipinski definition) is 3. The molecule has 0 saturated heterocycles. The molecule has 0 radical (unpaired) electrons. The van der Waals surface area contributed by atoms with Crippen LogP contribution >= 0.6 is 0 Å². The Labute approximate surface area is 173 Å². The van der Waals surface area contributed by atoms with Crippen LogP contribution in [0.4, 0.5) is 18.9 Å². The van der Waals surface area contributed by atoms with Crippen LogP contribution in [0.2, 0.25) is 0 Å². The SMILES string of the molecule is CN=C(NCCCOC(C)c1ccccc1)NCC(=O)Nc1ccc(F)c(F)c1F. The molecule has 0 saturated carbocycles. The van der Waals surface area contributed by atoms with Gasteiger partial charge in [-0.25, -0.2) is 13.2 Å². The van der Waals surface area contributed by atoms with E-state index >= 15 is 0 Å². The summed E-state index contributed by atoms with van der Waals surface area (Å²) in [6, 6.07) is 11.6. The lowest BCUT2D eigenvalue weighted by Crippen LogP contribution is -2.42. The Morgan fingerprint density at radius 1 is 1.07 bits per heavy atom.